The van der Waals surface area contributed by atoms with Crippen LogP contribution in [0.15, 0.2) is 23.0 Å². The Kier molecular flexibility index (Phi) is 3.78. The van der Waals surface area contributed by atoms with Crippen LogP contribution in [0.5, 0.6) is 0 Å². The second-order valence-electron chi connectivity index (χ2n) is 7.04. The van der Waals surface area contributed by atoms with E-state index in [1.165, 1.54) is 24.8 Å². The molecule has 3 fully saturated rings. The summed E-state index contributed by atoms with van der Waals surface area (Å²) in [5.41, 5.74) is 1.30. The maximum Gasteiger partial charge on any atom is 0.0947 e. The Hall–Kier alpha value is -0.840. The summed E-state index contributed by atoms with van der Waals surface area (Å²) in [5, 5.41) is 0. The molecule has 0 radical (unpaired) electrons. The van der Waals surface area contributed by atoms with Gasteiger partial charge in [-0.1, -0.05) is 6.42 Å². The summed E-state index contributed by atoms with van der Waals surface area (Å²) in [6.07, 6.45) is 10.2. The van der Waals surface area contributed by atoms with Crippen LogP contribution in [-0.4, -0.2) is 42.9 Å². The van der Waals surface area contributed by atoms with Crippen LogP contribution in [0.3, 0.4) is 0 Å². The first-order chi connectivity index (χ1) is 10.3. The highest BCUT2D eigenvalue weighted by atomic mass is 16.6. The van der Waals surface area contributed by atoms with Crippen LogP contribution in [0.25, 0.3) is 0 Å². The summed E-state index contributed by atoms with van der Waals surface area (Å²) in [6, 6.07) is 2.05. The first-order valence-electron chi connectivity index (χ1n) is 8.30. The molecule has 1 aliphatic carbocycles. The van der Waals surface area contributed by atoms with Gasteiger partial charge in [0.15, 0.2) is 0 Å². The van der Waals surface area contributed by atoms with Gasteiger partial charge in [0.2, 0.25) is 0 Å². The first kappa shape index (κ1) is 13.8. The molecule has 0 bridgehead atoms. The summed E-state index contributed by atoms with van der Waals surface area (Å²) in [5.74, 6) is 0.822. The fourth-order valence-corrected chi connectivity index (χ4v) is 3.83. The van der Waals surface area contributed by atoms with E-state index in [-0.39, 0.29) is 5.60 Å². The van der Waals surface area contributed by atoms with Gasteiger partial charge in [0.25, 0.3) is 0 Å². The van der Waals surface area contributed by atoms with Crippen LogP contribution in [0.2, 0.25) is 0 Å². The Morgan fingerprint density at radius 2 is 2.33 bits per heavy atom. The minimum Gasteiger partial charge on any atom is -0.472 e. The molecule has 0 amide bonds. The zero-order valence-electron chi connectivity index (χ0n) is 12.6. The predicted octanol–water partition coefficient (Wildman–Crippen LogP) is 2.83. The van der Waals surface area contributed by atoms with Crippen LogP contribution in [0.4, 0.5) is 0 Å². The average Bonchev–Trinajstić information content (AvgIpc) is 3.13. The van der Waals surface area contributed by atoms with Gasteiger partial charge in [-0.15, -0.1) is 0 Å². The third-order valence-corrected chi connectivity index (χ3v) is 5.35. The number of furan rings is 1. The van der Waals surface area contributed by atoms with Gasteiger partial charge < -0.3 is 13.9 Å². The van der Waals surface area contributed by atoms with Gasteiger partial charge in [-0.05, 0) is 31.2 Å². The Morgan fingerprint density at radius 1 is 1.38 bits per heavy atom. The zero-order valence-corrected chi connectivity index (χ0v) is 12.6. The minimum atomic E-state index is 0.0496. The molecule has 2 aliphatic heterocycles. The molecule has 2 atom stereocenters. The van der Waals surface area contributed by atoms with E-state index in [0.717, 1.165) is 51.6 Å². The number of hydrogen-bond acceptors (Lipinski definition) is 4. The van der Waals surface area contributed by atoms with E-state index < -0.39 is 0 Å². The monoisotopic (exact) mass is 291 g/mol. The van der Waals surface area contributed by atoms with Crippen LogP contribution < -0.4 is 0 Å². The highest BCUT2D eigenvalue weighted by molar-refractivity contribution is 5.07. The van der Waals surface area contributed by atoms with Crippen molar-refractivity contribution in [3.63, 3.8) is 0 Å². The van der Waals surface area contributed by atoms with Crippen molar-refractivity contribution >= 4 is 0 Å². The lowest BCUT2D eigenvalue weighted by atomic mass is 9.86. The molecule has 1 spiro atoms. The zero-order chi connectivity index (χ0) is 14.1. The molecular weight excluding hydrogens is 266 g/mol. The molecule has 4 nitrogen and oxygen atoms in total. The van der Waals surface area contributed by atoms with Gasteiger partial charge in [-0.3, -0.25) is 4.90 Å². The third-order valence-electron chi connectivity index (χ3n) is 5.35. The number of likely N-dealkylation sites (tertiary alicyclic amines) is 1. The van der Waals surface area contributed by atoms with Gasteiger partial charge in [-0.25, -0.2) is 0 Å². The maximum absolute atomic E-state index is 6.16. The van der Waals surface area contributed by atoms with Gasteiger partial charge >= 0.3 is 0 Å². The van der Waals surface area contributed by atoms with Crippen molar-refractivity contribution in [2.75, 3.05) is 26.3 Å². The van der Waals surface area contributed by atoms with Crippen molar-refractivity contribution in [3.05, 3.63) is 24.2 Å². The van der Waals surface area contributed by atoms with Crippen LogP contribution in [-0.2, 0) is 16.0 Å². The number of nitrogens with zero attached hydrogens (tertiary/aromatic N) is 1. The topological polar surface area (TPSA) is 34.8 Å². The first-order valence-corrected chi connectivity index (χ1v) is 8.30. The fraction of sp³-hybridized carbons (Fsp3) is 0.765. The molecule has 1 aromatic heterocycles. The van der Waals surface area contributed by atoms with E-state index in [1.807, 2.05) is 12.3 Å². The molecule has 4 heteroatoms. The highest BCUT2D eigenvalue weighted by Gasteiger charge is 2.46. The van der Waals surface area contributed by atoms with Crippen molar-refractivity contribution < 1.29 is 13.9 Å². The second-order valence-corrected chi connectivity index (χ2v) is 7.04. The molecule has 21 heavy (non-hydrogen) atoms. The number of hydrogen-bond donors (Lipinski definition) is 0. The van der Waals surface area contributed by atoms with E-state index in [0.29, 0.717) is 6.10 Å². The largest absolute Gasteiger partial charge is 0.472 e. The van der Waals surface area contributed by atoms with Gasteiger partial charge in [0.1, 0.15) is 0 Å². The van der Waals surface area contributed by atoms with Crippen molar-refractivity contribution in [3.8, 4) is 0 Å². The Morgan fingerprint density at radius 3 is 3.10 bits per heavy atom. The molecule has 2 saturated heterocycles. The molecule has 4 rings (SSSR count). The van der Waals surface area contributed by atoms with Crippen LogP contribution in [0.1, 0.15) is 37.7 Å². The van der Waals surface area contributed by atoms with E-state index in [1.54, 1.807) is 6.26 Å². The molecule has 116 valence electrons. The van der Waals surface area contributed by atoms with Crippen molar-refractivity contribution in [1.29, 1.82) is 0 Å². The molecule has 0 N–H and O–H groups in total. The van der Waals surface area contributed by atoms with E-state index in [4.69, 9.17) is 13.9 Å². The lowest BCUT2D eigenvalue weighted by Gasteiger charge is -2.27. The van der Waals surface area contributed by atoms with Gasteiger partial charge in [-0.2, -0.15) is 0 Å². The van der Waals surface area contributed by atoms with E-state index in [2.05, 4.69) is 4.90 Å². The van der Waals surface area contributed by atoms with Gasteiger partial charge in [0.05, 0.1) is 30.8 Å². The van der Waals surface area contributed by atoms with Crippen LogP contribution >= 0.6 is 0 Å². The summed E-state index contributed by atoms with van der Waals surface area (Å²) in [6.45, 7) is 4.84. The lowest BCUT2D eigenvalue weighted by Crippen LogP contribution is -2.33. The van der Waals surface area contributed by atoms with Crippen molar-refractivity contribution in [2.24, 2.45) is 5.92 Å². The Labute approximate surface area is 126 Å². The quantitative estimate of drug-likeness (QED) is 0.835. The SMILES string of the molecule is c1cc(CN2CC[C@]3(C[C@@H](OCC4CCC4)CO3)C2)co1. The standard InChI is InChI=1S/C17H25NO3/c1-2-14(3-1)11-20-16-8-17(21-12-16)5-6-18(13-17)9-15-4-7-19-10-15/h4,7,10,14,16H,1-3,5-6,8-9,11-13H2/t16-,17+/m1/s1. The van der Waals surface area contributed by atoms with Crippen molar-refractivity contribution in [2.45, 2.75) is 50.4 Å². The number of ether oxygens (including phenoxy) is 2. The summed E-state index contributed by atoms with van der Waals surface area (Å²) in [4.78, 5) is 2.47. The third kappa shape index (κ3) is 3.03. The smallest absolute Gasteiger partial charge is 0.0947 e. The molecule has 1 saturated carbocycles. The van der Waals surface area contributed by atoms with Gasteiger partial charge in [0, 0.05) is 38.2 Å². The fourth-order valence-electron chi connectivity index (χ4n) is 3.83. The summed E-state index contributed by atoms with van der Waals surface area (Å²) >= 11 is 0. The minimum absolute atomic E-state index is 0.0496. The summed E-state index contributed by atoms with van der Waals surface area (Å²) < 4.78 is 17.4. The highest BCUT2D eigenvalue weighted by Crippen LogP contribution is 2.37. The second kappa shape index (κ2) is 5.75. The van der Waals surface area contributed by atoms with Crippen molar-refractivity contribution in [1.82, 2.24) is 4.90 Å². The molecule has 0 unspecified atom stereocenters. The molecular formula is C17H25NO3. The average molecular weight is 291 g/mol. The molecule has 1 aromatic rings. The molecule has 3 heterocycles. The normalized spacial score (nSPS) is 33.8. The maximum atomic E-state index is 6.16. The summed E-state index contributed by atoms with van der Waals surface area (Å²) in [7, 11) is 0. The van der Waals surface area contributed by atoms with E-state index in [9.17, 15) is 0 Å². The van der Waals surface area contributed by atoms with Crippen LogP contribution in [0, 0.1) is 5.92 Å². The number of rotatable bonds is 5. The molecule has 3 aliphatic rings. The Balaban J connectivity index is 1.26. The lowest BCUT2D eigenvalue weighted by molar-refractivity contribution is -0.00868. The predicted molar refractivity (Wildman–Crippen MR) is 79.0 cm³/mol. The Bertz CT molecular complexity index is 457. The van der Waals surface area contributed by atoms with E-state index >= 15 is 0 Å². The molecule has 0 aromatic carbocycles.